The number of ketones is 1. The van der Waals surface area contributed by atoms with Gasteiger partial charge in [0.15, 0.2) is 11.9 Å². The number of rotatable bonds is 2. The van der Waals surface area contributed by atoms with E-state index in [1.807, 2.05) is 0 Å². The standard InChI is InChI=1S/C12H18O6/c1-11(15-3)12(2,16-4)18-10-8(14)6-5-7(13)9(10)17-11/h5-7,9-10,13H,1-4H3/t7-,9+,10+,11-,12-/m0/s1. The summed E-state index contributed by atoms with van der Waals surface area (Å²) in [6.07, 6.45) is 0.0801. The zero-order chi connectivity index (χ0) is 13.6. The summed E-state index contributed by atoms with van der Waals surface area (Å²) >= 11 is 0. The van der Waals surface area contributed by atoms with Crippen molar-refractivity contribution in [3.63, 3.8) is 0 Å². The molecule has 1 aliphatic heterocycles. The van der Waals surface area contributed by atoms with Crippen molar-refractivity contribution < 1.29 is 28.8 Å². The highest BCUT2D eigenvalue weighted by Gasteiger charge is 2.59. The molecule has 0 aromatic heterocycles. The number of carbonyl (C=O) groups excluding carboxylic acids is 1. The Kier molecular flexibility index (Phi) is 3.33. The van der Waals surface area contributed by atoms with Gasteiger partial charge in [-0.15, -0.1) is 0 Å². The summed E-state index contributed by atoms with van der Waals surface area (Å²) in [4.78, 5) is 11.8. The molecule has 1 fully saturated rings. The van der Waals surface area contributed by atoms with Crippen LogP contribution in [0.5, 0.6) is 0 Å². The first-order chi connectivity index (χ1) is 8.37. The predicted octanol–water partition coefficient (Wildman–Crippen LogP) is -0.00460. The summed E-state index contributed by atoms with van der Waals surface area (Å²) in [5.74, 6) is -2.70. The van der Waals surface area contributed by atoms with Gasteiger partial charge in [-0.05, 0) is 26.0 Å². The second kappa shape index (κ2) is 4.40. The van der Waals surface area contributed by atoms with Crippen molar-refractivity contribution in [3.05, 3.63) is 12.2 Å². The Morgan fingerprint density at radius 2 is 1.78 bits per heavy atom. The van der Waals surface area contributed by atoms with Gasteiger partial charge in [-0.1, -0.05) is 0 Å². The number of ether oxygens (including phenoxy) is 4. The van der Waals surface area contributed by atoms with Crippen molar-refractivity contribution in [1.82, 2.24) is 0 Å². The molecular weight excluding hydrogens is 240 g/mol. The van der Waals surface area contributed by atoms with Crippen LogP contribution in [0.25, 0.3) is 0 Å². The quantitative estimate of drug-likeness (QED) is 0.751. The maximum Gasteiger partial charge on any atom is 0.221 e. The minimum Gasteiger partial charge on any atom is -0.386 e. The number of hydrogen-bond acceptors (Lipinski definition) is 6. The summed E-state index contributed by atoms with van der Waals surface area (Å²) in [5.41, 5.74) is 0. The zero-order valence-electron chi connectivity index (χ0n) is 10.9. The van der Waals surface area contributed by atoms with Gasteiger partial charge in [-0.2, -0.15) is 0 Å². The second-order valence-electron chi connectivity index (χ2n) is 4.67. The first-order valence-electron chi connectivity index (χ1n) is 5.73. The van der Waals surface area contributed by atoms with Gasteiger partial charge in [-0.25, -0.2) is 0 Å². The second-order valence-corrected chi connectivity index (χ2v) is 4.67. The fraction of sp³-hybridized carbons (Fsp3) is 0.750. The van der Waals surface area contributed by atoms with Gasteiger partial charge in [0.25, 0.3) is 0 Å². The number of aliphatic hydroxyl groups is 1. The van der Waals surface area contributed by atoms with Crippen LogP contribution in [0, 0.1) is 0 Å². The van der Waals surface area contributed by atoms with Crippen LogP contribution in [-0.2, 0) is 23.7 Å². The number of fused-ring (bicyclic) bond motifs is 1. The molecule has 2 aliphatic rings. The van der Waals surface area contributed by atoms with E-state index in [2.05, 4.69) is 0 Å². The van der Waals surface area contributed by atoms with Gasteiger partial charge in [0.2, 0.25) is 11.6 Å². The van der Waals surface area contributed by atoms with E-state index in [-0.39, 0.29) is 5.78 Å². The summed E-state index contributed by atoms with van der Waals surface area (Å²) in [6.45, 7) is 3.27. The van der Waals surface area contributed by atoms with Crippen molar-refractivity contribution in [2.24, 2.45) is 0 Å². The molecule has 0 radical (unpaired) electrons. The van der Waals surface area contributed by atoms with E-state index < -0.39 is 29.9 Å². The van der Waals surface area contributed by atoms with E-state index in [4.69, 9.17) is 18.9 Å². The van der Waals surface area contributed by atoms with Crippen molar-refractivity contribution >= 4 is 5.78 Å². The van der Waals surface area contributed by atoms with Crippen molar-refractivity contribution in [3.8, 4) is 0 Å². The monoisotopic (exact) mass is 258 g/mol. The summed E-state index contributed by atoms with van der Waals surface area (Å²) in [5, 5.41) is 9.85. The average Bonchev–Trinajstić information content (AvgIpc) is 2.36. The van der Waals surface area contributed by atoms with E-state index in [0.29, 0.717) is 0 Å². The van der Waals surface area contributed by atoms with Crippen LogP contribution in [-0.4, -0.2) is 55.0 Å². The smallest absolute Gasteiger partial charge is 0.221 e. The predicted molar refractivity (Wildman–Crippen MR) is 60.7 cm³/mol. The van der Waals surface area contributed by atoms with Crippen LogP contribution >= 0.6 is 0 Å². The van der Waals surface area contributed by atoms with E-state index >= 15 is 0 Å². The lowest BCUT2D eigenvalue weighted by Gasteiger charge is -2.52. The molecule has 18 heavy (non-hydrogen) atoms. The summed E-state index contributed by atoms with van der Waals surface area (Å²) in [6, 6.07) is 0. The summed E-state index contributed by atoms with van der Waals surface area (Å²) in [7, 11) is 2.90. The Balaban J connectivity index is 2.36. The molecule has 1 aliphatic carbocycles. The molecule has 0 spiro atoms. The lowest BCUT2D eigenvalue weighted by molar-refractivity contribution is -0.446. The number of hydrogen-bond donors (Lipinski definition) is 1. The third-order valence-electron chi connectivity index (χ3n) is 3.69. The minimum absolute atomic E-state index is 0.258. The zero-order valence-corrected chi connectivity index (χ0v) is 10.9. The van der Waals surface area contributed by atoms with Crippen LogP contribution in [0.1, 0.15) is 13.8 Å². The Morgan fingerprint density at radius 3 is 2.33 bits per heavy atom. The fourth-order valence-corrected chi connectivity index (χ4v) is 2.18. The molecule has 2 rings (SSSR count). The highest BCUT2D eigenvalue weighted by Crippen LogP contribution is 2.41. The Bertz CT molecular complexity index is 381. The van der Waals surface area contributed by atoms with Gasteiger partial charge < -0.3 is 24.1 Å². The number of methoxy groups -OCH3 is 2. The van der Waals surface area contributed by atoms with Crippen molar-refractivity contribution in [2.75, 3.05) is 14.2 Å². The number of aliphatic hydroxyl groups excluding tert-OH is 1. The fourth-order valence-electron chi connectivity index (χ4n) is 2.18. The van der Waals surface area contributed by atoms with Crippen molar-refractivity contribution in [2.45, 2.75) is 43.7 Å². The lowest BCUT2D eigenvalue weighted by Crippen LogP contribution is -2.68. The summed E-state index contributed by atoms with van der Waals surface area (Å²) < 4.78 is 22.0. The van der Waals surface area contributed by atoms with Crippen LogP contribution in [0.2, 0.25) is 0 Å². The molecule has 0 unspecified atom stereocenters. The van der Waals surface area contributed by atoms with Gasteiger partial charge in [0.05, 0.1) is 0 Å². The lowest BCUT2D eigenvalue weighted by atomic mass is 9.93. The van der Waals surface area contributed by atoms with Gasteiger partial charge in [0, 0.05) is 14.2 Å². The third kappa shape index (κ3) is 1.81. The Labute approximate surface area is 105 Å². The molecule has 102 valence electrons. The highest BCUT2D eigenvalue weighted by atomic mass is 16.8. The van der Waals surface area contributed by atoms with Crippen LogP contribution in [0.15, 0.2) is 12.2 Å². The van der Waals surface area contributed by atoms with Crippen molar-refractivity contribution in [1.29, 1.82) is 0 Å². The topological polar surface area (TPSA) is 74.2 Å². The molecule has 0 bridgehead atoms. The molecule has 6 heteroatoms. The van der Waals surface area contributed by atoms with E-state index in [0.717, 1.165) is 0 Å². The van der Waals surface area contributed by atoms with Crippen LogP contribution < -0.4 is 0 Å². The molecule has 0 amide bonds. The first-order valence-corrected chi connectivity index (χ1v) is 5.73. The molecular formula is C12H18O6. The van der Waals surface area contributed by atoms with E-state index in [1.165, 1.54) is 26.4 Å². The molecule has 0 aromatic carbocycles. The van der Waals surface area contributed by atoms with Crippen LogP contribution in [0.3, 0.4) is 0 Å². The molecule has 1 N–H and O–H groups in total. The number of carbonyl (C=O) groups is 1. The first kappa shape index (κ1) is 13.6. The van der Waals surface area contributed by atoms with E-state index in [1.54, 1.807) is 13.8 Å². The molecule has 5 atom stereocenters. The normalized spacial score (nSPS) is 48.1. The minimum atomic E-state index is -1.23. The maximum atomic E-state index is 11.8. The average molecular weight is 258 g/mol. The van der Waals surface area contributed by atoms with Gasteiger partial charge in [0.1, 0.15) is 12.2 Å². The Morgan fingerprint density at radius 1 is 1.22 bits per heavy atom. The van der Waals surface area contributed by atoms with Gasteiger partial charge in [-0.3, -0.25) is 4.79 Å². The SMILES string of the molecule is CO[C@@]1(C)O[C@H]2[C@H](O[C@]1(C)OC)C(=O)C=C[C@@H]2O. The molecule has 0 aromatic rings. The molecule has 1 saturated heterocycles. The van der Waals surface area contributed by atoms with E-state index in [9.17, 15) is 9.90 Å². The maximum absolute atomic E-state index is 11.8. The largest absolute Gasteiger partial charge is 0.386 e. The Hall–Kier alpha value is -0.790. The molecule has 1 heterocycles. The highest BCUT2D eigenvalue weighted by molar-refractivity contribution is 5.95. The van der Waals surface area contributed by atoms with Crippen LogP contribution in [0.4, 0.5) is 0 Å². The molecule has 0 saturated carbocycles. The molecule has 6 nitrogen and oxygen atoms in total. The van der Waals surface area contributed by atoms with Gasteiger partial charge >= 0.3 is 0 Å². The third-order valence-corrected chi connectivity index (χ3v) is 3.69.